The van der Waals surface area contributed by atoms with Crippen molar-refractivity contribution in [3.8, 4) is 5.75 Å². The van der Waals surface area contributed by atoms with Gasteiger partial charge in [-0.25, -0.2) is 0 Å². The van der Waals surface area contributed by atoms with E-state index in [2.05, 4.69) is 0 Å². The van der Waals surface area contributed by atoms with E-state index in [1.165, 1.54) is 0 Å². The lowest BCUT2D eigenvalue weighted by Crippen LogP contribution is -2.24. The highest BCUT2D eigenvalue weighted by atomic mass is 32.2. The Labute approximate surface area is 115 Å². The van der Waals surface area contributed by atoms with Crippen molar-refractivity contribution in [2.45, 2.75) is 11.0 Å². The first-order valence-electron chi connectivity index (χ1n) is 6.05. The number of aliphatic hydroxyl groups is 1. The van der Waals surface area contributed by atoms with Crippen LogP contribution in [0.2, 0.25) is 0 Å². The summed E-state index contributed by atoms with van der Waals surface area (Å²) < 4.78 is 17.4. The lowest BCUT2D eigenvalue weighted by atomic mass is 10.3. The average molecular weight is 276 g/mol. The normalized spacial score (nSPS) is 13.7. The molecule has 0 heterocycles. The zero-order valence-electron chi connectivity index (χ0n) is 10.4. The molecule has 2 rings (SSSR count). The van der Waals surface area contributed by atoms with Crippen LogP contribution in [0, 0.1) is 0 Å². The number of rotatable bonds is 6. The third-order valence-electron chi connectivity index (χ3n) is 2.54. The van der Waals surface area contributed by atoms with Crippen LogP contribution in [0.4, 0.5) is 0 Å². The van der Waals surface area contributed by atoms with Crippen molar-refractivity contribution in [3.05, 3.63) is 60.7 Å². The Bertz CT molecular complexity index is 513. The fraction of sp³-hybridized carbons (Fsp3) is 0.200. The molecule has 4 heteroatoms. The second-order valence-electron chi connectivity index (χ2n) is 4.10. The molecule has 0 saturated carbocycles. The van der Waals surface area contributed by atoms with Crippen LogP contribution >= 0.6 is 0 Å². The fourth-order valence-corrected chi connectivity index (χ4v) is 2.70. The molecular formula is C15H16O3S. The van der Waals surface area contributed by atoms with Crippen LogP contribution in [0.25, 0.3) is 0 Å². The van der Waals surface area contributed by atoms with E-state index in [1.807, 2.05) is 48.5 Å². The molecule has 100 valence electrons. The number of benzene rings is 2. The summed E-state index contributed by atoms with van der Waals surface area (Å²) in [5.41, 5.74) is 0. The highest BCUT2D eigenvalue weighted by molar-refractivity contribution is 7.85. The van der Waals surface area contributed by atoms with Gasteiger partial charge >= 0.3 is 0 Å². The topological polar surface area (TPSA) is 46.5 Å². The number of hydrogen-bond donors (Lipinski definition) is 1. The maximum absolute atomic E-state index is 12.0. The van der Waals surface area contributed by atoms with Gasteiger partial charge < -0.3 is 9.84 Å². The van der Waals surface area contributed by atoms with Gasteiger partial charge in [0, 0.05) is 4.90 Å². The smallest absolute Gasteiger partial charge is 0.119 e. The molecule has 0 amide bonds. The third-order valence-corrected chi connectivity index (χ3v) is 4.02. The number of aliphatic hydroxyl groups excluding tert-OH is 1. The molecule has 0 spiro atoms. The van der Waals surface area contributed by atoms with Crippen LogP contribution in [-0.2, 0) is 10.8 Å². The minimum atomic E-state index is -1.20. The van der Waals surface area contributed by atoms with Gasteiger partial charge in [-0.2, -0.15) is 0 Å². The lowest BCUT2D eigenvalue weighted by molar-refractivity contribution is 0.125. The van der Waals surface area contributed by atoms with E-state index in [-0.39, 0.29) is 12.4 Å². The molecule has 2 atom stereocenters. The summed E-state index contributed by atoms with van der Waals surface area (Å²) in [6.45, 7) is 0.141. The van der Waals surface area contributed by atoms with E-state index in [9.17, 15) is 9.32 Å². The second-order valence-corrected chi connectivity index (χ2v) is 5.60. The Balaban J connectivity index is 1.81. The SMILES string of the molecule is O=S(CC(O)COc1ccccc1)c1ccccc1. The third kappa shape index (κ3) is 4.50. The summed E-state index contributed by atoms with van der Waals surface area (Å²) in [4.78, 5) is 0.723. The van der Waals surface area contributed by atoms with Gasteiger partial charge in [0.25, 0.3) is 0 Å². The molecule has 2 unspecified atom stereocenters. The van der Waals surface area contributed by atoms with Crippen molar-refractivity contribution in [2.24, 2.45) is 0 Å². The van der Waals surface area contributed by atoms with Gasteiger partial charge in [0.1, 0.15) is 12.4 Å². The Kier molecular flexibility index (Phi) is 5.12. The molecule has 19 heavy (non-hydrogen) atoms. The van der Waals surface area contributed by atoms with Gasteiger partial charge in [-0.1, -0.05) is 36.4 Å². The molecular weight excluding hydrogens is 260 g/mol. The fourth-order valence-electron chi connectivity index (χ4n) is 1.60. The Morgan fingerprint density at radius 3 is 2.21 bits per heavy atom. The van der Waals surface area contributed by atoms with E-state index >= 15 is 0 Å². The average Bonchev–Trinajstić information content (AvgIpc) is 2.47. The van der Waals surface area contributed by atoms with Crippen molar-refractivity contribution < 1.29 is 14.1 Å². The Morgan fingerprint density at radius 2 is 1.58 bits per heavy atom. The quantitative estimate of drug-likeness (QED) is 0.880. The van der Waals surface area contributed by atoms with Gasteiger partial charge in [-0.3, -0.25) is 4.21 Å². The van der Waals surface area contributed by atoms with Crippen LogP contribution in [0.15, 0.2) is 65.6 Å². The first-order chi connectivity index (χ1) is 9.25. The zero-order valence-corrected chi connectivity index (χ0v) is 11.3. The molecule has 2 aromatic rings. The molecule has 2 aromatic carbocycles. The molecule has 1 N–H and O–H groups in total. The van der Waals surface area contributed by atoms with Crippen molar-refractivity contribution in [2.75, 3.05) is 12.4 Å². The van der Waals surface area contributed by atoms with E-state index in [0.717, 1.165) is 4.90 Å². The van der Waals surface area contributed by atoms with Crippen molar-refractivity contribution >= 4 is 10.8 Å². The highest BCUT2D eigenvalue weighted by Gasteiger charge is 2.11. The molecule has 0 aliphatic rings. The Morgan fingerprint density at radius 1 is 1.00 bits per heavy atom. The Hall–Kier alpha value is -1.65. The molecule has 3 nitrogen and oxygen atoms in total. The molecule has 0 aliphatic heterocycles. The molecule has 0 aromatic heterocycles. The standard InChI is InChI=1S/C15H16O3S/c16-13(11-18-14-7-3-1-4-8-14)12-19(17)15-9-5-2-6-10-15/h1-10,13,16H,11-12H2. The van der Waals surface area contributed by atoms with E-state index in [1.54, 1.807) is 12.1 Å². The second kappa shape index (κ2) is 7.07. The van der Waals surface area contributed by atoms with Gasteiger partial charge in [0.15, 0.2) is 0 Å². The van der Waals surface area contributed by atoms with E-state index in [0.29, 0.717) is 5.75 Å². The number of hydrogen-bond acceptors (Lipinski definition) is 3. The molecule has 0 aliphatic carbocycles. The minimum Gasteiger partial charge on any atom is -0.491 e. The monoisotopic (exact) mass is 276 g/mol. The highest BCUT2D eigenvalue weighted by Crippen LogP contribution is 2.10. The summed E-state index contributed by atoms with van der Waals surface area (Å²) >= 11 is 0. The van der Waals surface area contributed by atoms with Crippen LogP contribution in [0.3, 0.4) is 0 Å². The van der Waals surface area contributed by atoms with Crippen LogP contribution in [-0.4, -0.2) is 27.8 Å². The lowest BCUT2D eigenvalue weighted by Gasteiger charge is -2.12. The molecule has 0 saturated heterocycles. The summed E-state index contributed by atoms with van der Waals surface area (Å²) in [6, 6.07) is 18.4. The summed E-state index contributed by atoms with van der Waals surface area (Å²) in [7, 11) is -1.20. The predicted octanol–water partition coefficient (Wildman–Crippen LogP) is 2.23. The first-order valence-corrected chi connectivity index (χ1v) is 7.37. The number of ether oxygens (including phenoxy) is 1. The van der Waals surface area contributed by atoms with Crippen molar-refractivity contribution in [1.82, 2.24) is 0 Å². The van der Waals surface area contributed by atoms with Gasteiger partial charge in [0.05, 0.1) is 22.7 Å². The van der Waals surface area contributed by atoms with E-state index in [4.69, 9.17) is 4.74 Å². The van der Waals surface area contributed by atoms with Crippen LogP contribution in [0.5, 0.6) is 5.75 Å². The minimum absolute atomic E-state index is 0.141. The maximum Gasteiger partial charge on any atom is 0.119 e. The molecule has 0 fully saturated rings. The van der Waals surface area contributed by atoms with Crippen LogP contribution < -0.4 is 4.74 Å². The summed E-state index contributed by atoms with van der Waals surface area (Å²) in [5, 5.41) is 9.82. The molecule has 0 radical (unpaired) electrons. The van der Waals surface area contributed by atoms with Gasteiger partial charge in [0.2, 0.25) is 0 Å². The van der Waals surface area contributed by atoms with Gasteiger partial charge in [-0.15, -0.1) is 0 Å². The number of para-hydroxylation sites is 1. The summed E-state index contributed by atoms with van der Waals surface area (Å²) in [6.07, 6.45) is -0.749. The van der Waals surface area contributed by atoms with Crippen molar-refractivity contribution in [3.63, 3.8) is 0 Å². The van der Waals surface area contributed by atoms with Crippen molar-refractivity contribution in [1.29, 1.82) is 0 Å². The maximum atomic E-state index is 12.0. The van der Waals surface area contributed by atoms with E-state index < -0.39 is 16.9 Å². The first kappa shape index (κ1) is 13.8. The summed E-state index contributed by atoms with van der Waals surface area (Å²) in [5.74, 6) is 0.878. The van der Waals surface area contributed by atoms with Crippen LogP contribution in [0.1, 0.15) is 0 Å². The van der Waals surface area contributed by atoms with Gasteiger partial charge in [-0.05, 0) is 24.3 Å². The molecule has 0 bridgehead atoms. The largest absolute Gasteiger partial charge is 0.491 e. The zero-order chi connectivity index (χ0) is 13.5. The predicted molar refractivity (Wildman–Crippen MR) is 75.7 cm³/mol.